The van der Waals surface area contributed by atoms with E-state index in [9.17, 15) is 4.79 Å². The number of carbonyl (C=O) groups is 1. The van der Waals surface area contributed by atoms with Crippen LogP contribution >= 0.6 is 11.3 Å². The molecule has 1 aliphatic heterocycles. The fraction of sp³-hybridized carbons (Fsp3) is 0.583. The minimum Gasteiger partial charge on any atom is -0.378 e. The minimum atomic E-state index is -0.609. The Morgan fingerprint density at radius 1 is 1.76 bits per heavy atom. The summed E-state index contributed by atoms with van der Waals surface area (Å²) < 4.78 is 5.48. The summed E-state index contributed by atoms with van der Waals surface area (Å²) in [5, 5.41) is 5.35. The second-order valence-electron chi connectivity index (χ2n) is 4.51. The number of nitrogens with one attached hydrogen (secondary N) is 1. The second-order valence-corrected chi connectivity index (χ2v) is 5.55. The van der Waals surface area contributed by atoms with Gasteiger partial charge in [0.05, 0.1) is 6.10 Å². The summed E-state index contributed by atoms with van der Waals surface area (Å²) in [6.45, 7) is 3.25. The smallest absolute Gasteiger partial charge is 0.237 e. The van der Waals surface area contributed by atoms with E-state index in [2.05, 4.69) is 11.4 Å². The standard InChI is InChI=1S/C12H18N2O2S/c1-9-7-12(11(13)15,4-5-16-9)14-8-10-3-2-6-17-10/h2-3,6,9,14H,4-5,7-8H2,1H3,(H2,13,15). The van der Waals surface area contributed by atoms with E-state index in [0.717, 1.165) is 0 Å². The molecule has 0 saturated carbocycles. The molecular weight excluding hydrogens is 236 g/mol. The zero-order valence-electron chi connectivity index (χ0n) is 9.94. The van der Waals surface area contributed by atoms with Gasteiger partial charge in [-0.3, -0.25) is 10.1 Å². The van der Waals surface area contributed by atoms with Crippen molar-refractivity contribution in [2.45, 2.75) is 38.0 Å². The summed E-state index contributed by atoms with van der Waals surface area (Å²) in [6.07, 6.45) is 1.37. The first-order chi connectivity index (χ1) is 8.12. The van der Waals surface area contributed by atoms with Crippen LogP contribution in [-0.2, 0) is 16.1 Å². The Bertz CT molecular complexity index is 380. The van der Waals surface area contributed by atoms with E-state index < -0.39 is 5.54 Å². The van der Waals surface area contributed by atoms with Gasteiger partial charge in [-0.25, -0.2) is 0 Å². The first-order valence-electron chi connectivity index (χ1n) is 5.81. The van der Waals surface area contributed by atoms with Gasteiger partial charge in [-0.2, -0.15) is 0 Å². The van der Waals surface area contributed by atoms with Crippen LogP contribution in [0.2, 0.25) is 0 Å². The molecule has 2 unspecified atom stereocenters. The van der Waals surface area contributed by atoms with Gasteiger partial charge >= 0.3 is 0 Å². The largest absolute Gasteiger partial charge is 0.378 e. The number of rotatable bonds is 4. The highest BCUT2D eigenvalue weighted by Crippen LogP contribution is 2.25. The Kier molecular flexibility index (Phi) is 3.81. The Morgan fingerprint density at radius 3 is 3.18 bits per heavy atom. The summed E-state index contributed by atoms with van der Waals surface area (Å²) in [6, 6.07) is 4.06. The fourth-order valence-corrected chi connectivity index (χ4v) is 2.87. The molecule has 17 heavy (non-hydrogen) atoms. The SMILES string of the molecule is CC1CC(NCc2cccs2)(C(N)=O)CCO1. The summed E-state index contributed by atoms with van der Waals surface area (Å²) in [7, 11) is 0. The van der Waals surface area contributed by atoms with Gasteiger partial charge in [0, 0.05) is 24.4 Å². The number of ether oxygens (including phenoxy) is 1. The molecule has 2 heterocycles. The first-order valence-corrected chi connectivity index (χ1v) is 6.69. The molecule has 0 aromatic carbocycles. The van der Waals surface area contributed by atoms with Crippen LogP contribution in [0.5, 0.6) is 0 Å². The summed E-state index contributed by atoms with van der Waals surface area (Å²) >= 11 is 1.68. The highest BCUT2D eigenvalue weighted by molar-refractivity contribution is 7.09. The van der Waals surface area contributed by atoms with Crippen molar-refractivity contribution in [3.05, 3.63) is 22.4 Å². The van der Waals surface area contributed by atoms with Gasteiger partial charge in [-0.1, -0.05) is 6.07 Å². The Labute approximate surface area is 105 Å². The van der Waals surface area contributed by atoms with Crippen LogP contribution in [0.3, 0.4) is 0 Å². The molecule has 1 amide bonds. The molecule has 2 atom stereocenters. The van der Waals surface area contributed by atoms with Crippen LogP contribution < -0.4 is 11.1 Å². The molecule has 3 N–H and O–H groups in total. The van der Waals surface area contributed by atoms with Gasteiger partial charge in [-0.05, 0) is 24.8 Å². The average molecular weight is 254 g/mol. The topological polar surface area (TPSA) is 64.3 Å². The average Bonchev–Trinajstić information content (AvgIpc) is 2.79. The normalized spacial score (nSPS) is 29.1. The Morgan fingerprint density at radius 2 is 2.59 bits per heavy atom. The molecule has 0 spiro atoms. The van der Waals surface area contributed by atoms with Crippen molar-refractivity contribution in [3.63, 3.8) is 0 Å². The lowest BCUT2D eigenvalue weighted by Gasteiger charge is -2.38. The zero-order chi connectivity index (χ0) is 12.3. The summed E-state index contributed by atoms with van der Waals surface area (Å²) in [5.74, 6) is -0.274. The molecule has 94 valence electrons. The number of nitrogens with two attached hydrogens (primary N) is 1. The molecular formula is C12H18N2O2S. The van der Waals surface area contributed by atoms with Gasteiger partial charge in [-0.15, -0.1) is 11.3 Å². The number of hydrogen-bond donors (Lipinski definition) is 2. The van der Waals surface area contributed by atoms with Crippen molar-refractivity contribution < 1.29 is 9.53 Å². The van der Waals surface area contributed by atoms with Crippen LogP contribution in [0.1, 0.15) is 24.6 Å². The molecule has 0 radical (unpaired) electrons. The number of amides is 1. The first kappa shape index (κ1) is 12.5. The van der Waals surface area contributed by atoms with Crippen molar-refractivity contribution in [3.8, 4) is 0 Å². The van der Waals surface area contributed by atoms with Crippen LogP contribution in [0.4, 0.5) is 0 Å². The second kappa shape index (κ2) is 5.16. The monoisotopic (exact) mass is 254 g/mol. The van der Waals surface area contributed by atoms with Gasteiger partial charge < -0.3 is 10.5 Å². The van der Waals surface area contributed by atoms with Crippen LogP contribution in [0.25, 0.3) is 0 Å². The number of primary amides is 1. The van der Waals surface area contributed by atoms with E-state index >= 15 is 0 Å². The molecule has 1 aliphatic rings. The molecule has 1 aromatic rings. The highest BCUT2D eigenvalue weighted by atomic mass is 32.1. The fourth-order valence-electron chi connectivity index (χ4n) is 2.23. The number of thiophene rings is 1. The van der Waals surface area contributed by atoms with Crippen LogP contribution in [0.15, 0.2) is 17.5 Å². The van der Waals surface area contributed by atoms with Crippen molar-refractivity contribution in [1.82, 2.24) is 5.32 Å². The quantitative estimate of drug-likeness (QED) is 0.850. The van der Waals surface area contributed by atoms with Crippen molar-refractivity contribution in [2.24, 2.45) is 5.73 Å². The van der Waals surface area contributed by atoms with Crippen molar-refractivity contribution in [1.29, 1.82) is 0 Å². The summed E-state index contributed by atoms with van der Waals surface area (Å²) in [4.78, 5) is 12.9. The van der Waals surface area contributed by atoms with E-state index in [1.165, 1.54) is 4.88 Å². The maximum absolute atomic E-state index is 11.7. The van der Waals surface area contributed by atoms with Crippen LogP contribution in [0, 0.1) is 0 Å². The van der Waals surface area contributed by atoms with E-state index in [4.69, 9.17) is 10.5 Å². The molecule has 0 bridgehead atoms. The van der Waals surface area contributed by atoms with E-state index in [-0.39, 0.29) is 12.0 Å². The molecule has 1 fully saturated rings. The third-order valence-corrected chi connectivity index (χ3v) is 4.10. The van der Waals surface area contributed by atoms with Crippen molar-refractivity contribution in [2.75, 3.05) is 6.61 Å². The molecule has 2 rings (SSSR count). The van der Waals surface area contributed by atoms with E-state index in [1.54, 1.807) is 11.3 Å². The zero-order valence-corrected chi connectivity index (χ0v) is 10.8. The molecule has 0 aliphatic carbocycles. The molecule has 4 nitrogen and oxygen atoms in total. The van der Waals surface area contributed by atoms with Gasteiger partial charge in [0.1, 0.15) is 5.54 Å². The Hall–Kier alpha value is -0.910. The maximum atomic E-state index is 11.7. The lowest BCUT2D eigenvalue weighted by molar-refractivity contribution is -0.131. The number of hydrogen-bond acceptors (Lipinski definition) is 4. The lowest BCUT2D eigenvalue weighted by atomic mass is 9.86. The van der Waals surface area contributed by atoms with E-state index in [0.29, 0.717) is 26.0 Å². The van der Waals surface area contributed by atoms with Gasteiger partial charge in [0.2, 0.25) is 5.91 Å². The molecule has 1 aromatic heterocycles. The van der Waals surface area contributed by atoms with E-state index in [1.807, 2.05) is 18.4 Å². The van der Waals surface area contributed by atoms with Crippen molar-refractivity contribution >= 4 is 17.2 Å². The third-order valence-electron chi connectivity index (χ3n) is 3.22. The van der Waals surface area contributed by atoms with Gasteiger partial charge in [0.25, 0.3) is 0 Å². The maximum Gasteiger partial charge on any atom is 0.237 e. The molecule has 5 heteroatoms. The predicted octanol–water partition coefficient (Wildman–Crippen LogP) is 1.26. The highest BCUT2D eigenvalue weighted by Gasteiger charge is 2.40. The minimum absolute atomic E-state index is 0.0760. The lowest BCUT2D eigenvalue weighted by Crippen LogP contribution is -2.59. The van der Waals surface area contributed by atoms with Gasteiger partial charge in [0.15, 0.2) is 0 Å². The third kappa shape index (κ3) is 2.86. The number of carbonyl (C=O) groups excluding carboxylic acids is 1. The molecule has 1 saturated heterocycles. The summed E-state index contributed by atoms with van der Waals surface area (Å²) in [5.41, 5.74) is 4.94. The Balaban J connectivity index is 2.03. The van der Waals surface area contributed by atoms with Crippen LogP contribution in [-0.4, -0.2) is 24.2 Å². The predicted molar refractivity (Wildman–Crippen MR) is 67.7 cm³/mol.